The lowest BCUT2D eigenvalue weighted by Crippen LogP contribution is -2.51. The molecule has 0 amide bonds. The molecule has 0 aliphatic rings. The van der Waals surface area contributed by atoms with E-state index in [1.807, 2.05) is 78.8 Å². The zero-order valence-electron chi connectivity index (χ0n) is 20.8. The van der Waals surface area contributed by atoms with E-state index in [0.29, 0.717) is 18.9 Å². The SMILES string of the molecule is CC(C)CCOC(=O)C(C)(CC(C)(C)C(C)(C)C(=O)OCc1ccccc1)C(C)(C)Br. The van der Waals surface area contributed by atoms with E-state index in [-0.39, 0.29) is 18.5 Å². The van der Waals surface area contributed by atoms with Gasteiger partial charge in [-0.3, -0.25) is 9.59 Å². The van der Waals surface area contributed by atoms with Crippen molar-refractivity contribution in [3.05, 3.63) is 35.9 Å². The van der Waals surface area contributed by atoms with Gasteiger partial charge in [-0.15, -0.1) is 0 Å². The van der Waals surface area contributed by atoms with Crippen molar-refractivity contribution in [1.29, 1.82) is 0 Å². The molecule has 1 rings (SSSR count). The van der Waals surface area contributed by atoms with Crippen LogP contribution in [-0.2, 0) is 25.7 Å². The molecule has 5 heteroatoms. The fourth-order valence-electron chi connectivity index (χ4n) is 3.36. The molecule has 0 spiro atoms. The van der Waals surface area contributed by atoms with Crippen molar-refractivity contribution in [2.75, 3.05) is 6.61 Å². The van der Waals surface area contributed by atoms with Crippen LogP contribution in [0.25, 0.3) is 0 Å². The highest BCUT2D eigenvalue weighted by Gasteiger charge is 2.55. The molecule has 0 N–H and O–H groups in total. The van der Waals surface area contributed by atoms with Crippen molar-refractivity contribution in [2.24, 2.45) is 22.2 Å². The Labute approximate surface area is 197 Å². The lowest BCUT2D eigenvalue weighted by molar-refractivity contribution is -0.170. The lowest BCUT2D eigenvalue weighted by atomic mass is 9.58. The van der Waals surface area contributed by atoms with Gasteiger partial charge in [0.25, 0.3) is 0 Å². The van der Waals surface area contributed by atoms with Gasteiger partial charge in [0.1, 0.15) is 6.61 Å². The maximum Gasteiger partial charge on any atom is 0.313 e. The maximum absolute atomic E-state index is 13.2. The number of benzene rings is 1. The minimum Gasteiger partial charge on any atom is -0.465 e. The quantitative estimate of drug-likeness (QED) is 0.245. The van der Waals surface area contributed by atoms with Crippen LogP contribution in [-0.4, -0.2) is 22.9 Å². The van der Waals surface area contributed by atoms with Crippen LogP contribution < -0.4 is 0 Å². The van der Waals surface area contributed by atoms with Gasteiger partial charge in [-0.1, -0.05) is 74.0 Å². The second-order valence-corrected chi connectivity index (χ2v) is 12.9. The lowest BCUT2D eigenvalue weighted by Gasteiger charge is -2.48. The molecule has 1 aromatic rings. The van der Waals surface area contributed by atoms with Crippen molar-refractivity contribution in [3.63, 3.8) is 0 Å². The average molecular weight is 498 g/mol. The van der Waals surface area contributed by atoms with Crippen LogP contribution in [0.5, 0.6) is 0 Å². The van der Waals surface area contributed by atoms with Crippen LogP contribution in [0.4, 0.5) is 0 Å². The smallest absolute Gasteiger partial charge is 0.313 e. The monoisotopic (exact) mass is 496 g/mol. The highest BCUT2D eigenvalue weighted by atomic mass is 79.9. The van der Waals surface area contributed by atoms with Crippen LogP contribution >= 0.6 is 15.9 Å². The van der Waals surface area contributed by atoms with Crippen LogP contribution in [0.3, 0.4) is 0 Å². The molecular weight excluding hydrogens is 456 g/mol. The van der Waals surface area contributed by atoms with Crippen molar-refractivity contribution >= 4 is 27.9 Å². The van der Waals surface area contributed by atoms with Gasteiger partial charge in [0.2, 0.25) is 0 Å². The molecule has 0 bridgehead atoms. The number of ether oxygens (including phenoxy) is 2. The van der Waals surface area contributed by atoms with Gasteiger partial charge in [-0.2, -0.15) is 0 Å². The van der Waals surface area contributed by atoms with Gasteiger partial charge in [0.05, 0.1) is 17.4 Å². The molecule has 0 aliphatic heterocycles. The third kappa shape index (κ3) is 7.06. The summed E-state index contributed by atoms with van der Waals surface area (Å²) in [6.07, 6.45) is 1.29. The zero-order valence-corrected chi connectivity index (χ0v) is 22.4. The number of carbonyl (C=O) groups is 2. The summed E-state index contributed by atoms with van der Waals surface area (Å²) in [4.78, 5) is 26.3. The number of hydrogen-bond acceptors (Lipinski definition) is 4. The van der Waals surface area contributed by atoms with Gasteiger partial charge >= 0.3 is 11.9 Å². The van der Waals surface area contributed by atoms with Crippen molar-refractivity contribution < 1.29 is 19.1 Å². The normalized spacial score (nSPS) is 14.8. The van der Waals surface area contributed by atoms with E-state index in [0.717, 1.165) is 12.0 Å². The molecule has 0 saturated heterocycles. The molecule has 1 atom stereocenters. The van der Waals surface area contributed by atoms with Crippen LogP contribution in [0.1, 0.15) is 80.7 Å². The molecule has 176 valence electrons. The molecule has 31 heavy (non-hydrogen) atoms. The Morgan fingerprint density at radius 3 is 1.94 bits per heavy atom. The predicted molar refractivity (Wildman–Crippen MR) is 130 cm³/mol. The van der Waals surface area contributed by atoms with Crippen LogP contribution in [0, 0.1) is 22.2 Å². The first-order valence-electron chi connectivity index (χ1n) is 11.1. The molecule has 1 aromatic carbocycles. The topological polar surface area (TPSA) is 52.6 Å². The van der Waals surface area contributed by atoms with Crippen molar-refractivity contribution in [1.82, 2.24) is 0 Å². The number of halogens is 1. The summed E-state index contributed by atoms with van der Waals surface area (Å²) in [5.74, 6) is -0.0494. The molecule has 4 nitrogen and oxygen atoms in total. The summed E-state index contributed by atoms with van der Waals surface area (Å²) in [5.41, 5.74) is -1.22. The Morgan fingerprint density at radius 2 is 1.45 bits per heavy atom. The average Bonchev–Trinajstić information content (AvgIpc) is 2.64. The first-order chi connectivity index (χ1) is 14.0. The molecule has 0 heterocycles. The molecule has 0 radical (unpaired) electrons. The number of rotatable bonds is 11. The van der Waals surface area contributed by atoms with E-state index in [9.17, 15) is 9.59 Å². The Morgan fingerprint density at radius 1 is 0.903 bits per heavy atom. The molecule has 0 aliphatic carbocycles. The third-order valence-electron chi connectivity index (χ3n) is 6.90. The maximum atomic E-state index is 13.2. The first-order valence-corrected chi connectivity index (χ1v) is 11.9. The van der Waals surface area contributed by atoms with Crippen molar-refractivity contribution in [2.45, 2.75) is 86.1 Å². The Bertz CT molecular complexity index is 732. The third-order valence-corrected chi connectivity index (χ3v) is 7.78. The van der Waals surface area contributed by atoms with E-state index in [4.69, 9.17) is 9.47 Å². The minimum atomic E-state index is -0.829. The summed E-state index contributed by atoms with van der Waals surface area (Å²) in [7, 11) is 0. The van der Waals surface area contributed by atoms with Gasteiger partial charge in [-0.25, -0.2) is 0 Å². The van der Waals surface area contributed by atoms with E-state index >= 15 is 0 Å². The molecule has 0 saturated carbocycles. The summed E-state index contributed by atoms with van der Waals surface area (Å²) < 4.78 is 10.8. The van der Waals surface area contributed by atoms with E-state index in [1.165, 1.54) is 0 Å². The minimum absolute atomic E-state index is 0.234. The van der Waals surface area contributed by atoms with Gasteiger partial charge in [0, 0.05) is 4.32 Å². The molecule has 0 fully saturated rings. The first kappa shape index (κ1) is 27.7. The Hall–Kier alpha value is -1.36. The van der Waals surface area contributed by atoms with Gasteiger partial charge in [0.15, 0.2) is 0 Å². The number of alkyl halides is 1. The predicted octanol–water partition coefficient (Wildman–Crippen LogP) is 6.94. The van der Waals surface area contributed by atoms with Crippen LogP contribution in [0.2, 0.25) is 0 Å². The molecule has 1 unspecified atom stereocenters. The van der Waals surface area contributed by atoms with E-state index < -0.39 is 20.6 Å². The fourth-order valence-corrected chi connectivity index (χ4v) is 3.66. The second-order valence-electron chi connectivity index (χ2n) is 10.9. The highest BCUT2D eigenvalue weighted by Crippen LogP contribution is 2.53. The molecule has 0 aromatic heterocycles. The number of carbonyl (C=O) groups excluding carboxylic acids is 2. The van der Waals surface area contributed by atoms with Gasteiger partial charge in [-0.05, 0) is 64.4 Å². The largest absolute Gasteiger partial charge is 0.465 e. The summed E-state index contributed by atoms with van der Waals surface area (Å²) in [5, 5.41) is 0. The summed E-state index contributed by atoms with van der Waals surface area (Å²) in [6.45, 7) is 18.6. The highest BCUT2D eigenvalue weighted by molar-refractivity contribution is 9.10. The number of esters is 2. The van der Waals surface area contributed by atoms with E-state index in [2.05, 4.69) is 29.8 Å². The Kier molecular flexibility index (Phi) is 9.38. The number of hydrogen-bond donors (Lipinski definition) is 0. The second kappa shape index (κ2) is 10.5. The summed E-state index contributed by atoms with van der Waals surface area (Å²) >= 11 is 3.72. The molecular formula is C26H41BrO4. The van der Waals surface area contributed by atoms with Gasteiger partial charge < -0.3 is 9.47 Å². The fraction of sp³-hybridized carbons (Fsp3) is 0.692. The van der Waals surface area contributed by atoms with Crippen molar-refractivity contribution in [3.8, 4) is 0 Å². The zero-order chi connectivity index (χ0) is 24.1. The summed E-state index contributed by atoms with van der Waals surface area (Å²) in [6, 6.07) is 9.65. The standard InChI is InChI=1S/C26H41BrO4/c1-19(2)15-16-30-22(29)26(9,25(7,8)27)18-23(3,4)24(5,6)21(28)31-17-20-13-11-10-12-14-20/h10-14,19H,15-18H2,1-9H3. The van der Waals surface area contributed by atoms with Crippen LogP contribution in [0.15, 0.2) is 30.3 Å². The Balaban J connectivity index is 3.02. The van der Waals surface area contributed by atoms with E-state index in [1.54, 1.807) is 0 Å².